The molecular formula is C12H20N2O2. The van der Waals surface area contributed by atoms with Crippen molar-refractivity contribution in [1.29, 1.82) is 5.26 Å². The van der Waals surface area contributed by atoms with Crippen LogP contribution in [0.25, 0.3) is 0 Å². The molecule has 1 rings (SSSR count). The Kier molecular flexibility index (Phi) is 4.31. The molecule has 1 amide bonds. The minimum atomic E-state index is -0.785. The van der Waals surface area contributed by atoms with Crippen LogP contribution in [-0.2, 0) is 4.79 Å². The first-order valence-corrected chi connectivity index (χ1v) is 5.87. The van der Waals surface area contributed by atoms with Crippen molar-refractivity contribution in [2.24, 2.45) is 11.3 Å². The normalized spacial score (nSPS) is 30.0. The van der Waals surface area contributed by atoms with Crippen LogP contribution in [0.2, 0.25) is 0 Å². The minimum absolute atomic E-state index is 0.0285. The van der Waals surface area contributed by atoms with Crippen LogP contribution in [0.4, 0.5) is 0 Å². The number of aliphatic hydroxyl groups is 1. The SMILES string of the molecule is CC1CC(C#N)(C(=O)NC(C)CCCO)C1. The number of rotatable bonds is 5. The van der Waals surface area contributed by atoms with Crippen molar-refractivity contribution in [2.45, 2.75) is 45.6 Å². The quantitative estimate of drug-likeness (QED) is 0.737. The Morgan fingerprint density at radius 3 is 2.75 bits per heavy atom. The smallest absolute Gasteiger partial charge is 0.240 e. The van der Waals surface area contributed by atoms with E-state index < -0.39 is 5.41 Å². The Morgan fingerprint density at radius 1 is 1.69 bits per heavy atom. The van der Waals surface area contributed by atoms with E-state index in [0.29, 0.717) is 25.2 Å². The molecule has 0 aliphatic heterocycles. The van der Waals surface area contributed by atoms with Gasteiger partial charge in [-0.05, 0) is 38.5 Å². The summed E-state index contributed by atoms with van der Waals surface area (Å²) in [6.07, 6.45) is 2.76. The average Bonchev–Trinajstić information content (AvgIpc) is 2.21. The average molecular weight is 224 g/mol. The van der Waals surface area contributed by atoms with Crippen molar-refractivity contribution in [3.8, 4) is 6.07 Å². The number of carbonyl (C=O) groups excluding carboxylic acids is 1. The van der Waals surface area contributed by atoms with E-state index in [1.807, 2.05) is 6.92 Å². The van der Waals surface area contributed by atoms with Gasteiger partial charge in [-0.3, -0.25) is 4.79 Å². The molecule has 16 heavy (non-hydrogen) atoms. The summed E-state index contributed by atoms with van der Waals surface area (Å²) in [5, 5.41) is 20.6. The number of carbonyl (C=O) groups is 1. The van der Waals surface area contributed by atoms with E-state index in [1.54, 1.807) is 0 Å². The molecule has 1 fully saturated rings. The highest BCUT2D eigenvalue weighted by molar-refractivity contribution is 5.86. The summed E-state index contributed by atoms with van der Waals surface area (Å²) in [7, 11) is 0. The number of hydrogen-bond donors (Lipinski definition) is 2. The fourth-order valence-electron chi connectivity index (χ4n) is 2.29. The predicted octanol–water partition coefficient (Wildman–Crippen LogP) is 1.20. The Bertz CT molecular complexity index is 290. The Hall–Kier alpha value is -1.08. The standard InChI is InChI=1S/C12H20N2O2/c1-9-6-12(7-9,8-13)11(16)14-10(2)4-3-5-15/h9-10,15H,3-7H2,1-2H3,(H,14,16). The maximum atomic E-state index is 11.9. The van der Waals surface area contributed by atoms with Crippen LogP contribution in [0, 0.1) is 22.7 Å². The first-order valence-electron chi connectivity index (χ1n) is 5.87. The third-order valence-electron chi connectivity index (χ3n) is 3.22. The second kappa shape index (κ2) is 5.31. The lowest BCUT2D eigenvalue weighted by atomic mass is 9.63. The molecular weight excluding hydrogens is 204 g/mol. The topological polar surface area (TPSA) is 73.1 Å². The zero-order valence-corrected chi connectivity index (χ0v) is 9.99. The largest absolute Gasteiger partial charge is 0.396 e. The molecule has 0 aromatic heterocycles. The zero-order chi connectivity index (χ0) is 12.2. The van der Waals surface area contributed by atoms with Crippen molar-refractivity contribution in [1.82, 2.24) is 5.32 Å². The molecule has 0 heterocycles. The maximum absolute atomic E-state index is 11.9. The zero-order valence-electron chi connectivity index (χ0n) is 9.99. The highest BCUT2D eigenvalue weighted by Crippen LogP contribution is 2.45. The molecule has 1 unspecified atom stereocenters. The Labute approximate surface area is 96.6 Å². The van der Waals surface area contributed by atoms with Crippen molar-refractivity contribution in [3.63, 3.8) is 0 Å². The van der Waals surface area contributed by atoms with Gasteiger partial charge in [-0.2, -0.15) is 5.26 Å². The number of amides is 1. The number of nitriles is 1. The van der Waals surface area contributed by atoms with Gasteiger partial charge < -0.3 is 10.4 Å². The Balaban J connectivity index is 2.43. The molecule has 0 spiro atoms. The van der Waals surface area contributed by atoms with Crippen LogP contribution in [0.1, 0.15) is 39.5 Å². The molecule has 4 nitrogen and oxygen atoms in total. The summed E-state index contributed by atoms with van der Waals surface area (Å²) < 4.78 is 0. The highest BCUT2D eigenvalue weighted by atomic mass is 16.3. The lowest BCUT2D eigenvalue weighted by Gasteiger charge is -2.39. The van der Waals surface area contributed by atoms with Gasteiger partial charge in [0.2, 0.25) is 5.91 Å². The molecule has 1 saturated carbocycles. The molecule has 0 aromatic rings. The minimum Gasteiger partial charge on any atom is -0.396 e. The van der Waals surface area contributed by atoms with E-state index in [1.165, 1.54) is 0 Å². The summed E-state index contributed by atoms with van der Waals surface area (Å²) in [5.41, 5.74) is -0.785. The first kappa shape index (κ1) is 13.0. The van der Waals surface area contributed by atoms with Gasteiger partial charge in [-0.25, -0.2) is 0 Å². The lowest BCUT2D eigenvalue weighted by molar-refractivity contribution is -0.134. The summed E-state index contributed by atoms with van der Waals surface area (Å²) in [5.74, 6) is 0.330. The second-order valence-electron chi connectivity index (χ2n) is 4.95. The van der Waals surface area contributed by atoms with E-state index in [0.717, 1.165) is 6.42 Å². The van der Waals surface area contributed by atoms with E-state index in [-0.39, 0.29) is 18.6 Å². The Morgan fingerprint density at radius 2 is 2.31 bits per heavy atom. The molecule has 4 heteroatoms. The van der Waals surface area contributed by atoms with Crippen molar-refractivity contribution < 1.29 is 9.90 Å². The highest BCUT2D eigenvalue weighted by Gasteiger charge is 2.49. The number of hydrogen-bond acceptors (Lipinski definition) is 3. The number of aliphatic hydroxyl groups excluding tert-OH is 1. The molecule has 1 aliphatic carbocycles. The molecule has 0 radical (unpaired) electrons. The van der Waals surface area contributed by atoms with Crippen molar-refractivity contribution in [2.75, 3.05) is 6.61 Å². The van der Waals surface area contributed by atoms with Crippen molar-refractivity contribution >= 4 is 5.91 Å². The number of nitrogens with zero attached hydrogens (tertiary/aromatic N) is 1. The molecule has 1 aliphatic rings. The van der Waals surface area contributed by atoms with E-state index in [4.69, 9.17) is 10.4 Å². The van der Waals surface area contributed by atoms with Crippen LogP contribution in [0.3, 0.4) is 0 Å². The van der Waals surface area contributed by atoms with Gasteiger partial charge in [0, 0.05) is 12.6 Å². The molecule has 90 valence electrons. The summed E-state index contributed by atoms with van der Waals surface area (Å²) in [4.78, 5) is 11.9. The molecule has 0 aromatic carbocycles. The fourth-order valence-corrected chi connectivity index (χ4v) is 2.29. The fraction of sp³-hybridized carbons (Fsp3) is 0.833. The van der Waals surface area contributed by atoms with Gasteiger partial charge in [-0.15, -0.1) is 0 Å². The van der Waals surface area contributed by atoms with Gasteiger partial charge in [0.15, 0.2) is 0 Å². The monoisotopic (exact) mass is 224 g/mol. The maximum Gasteiger partial charge on any atom is 0.240 e. The van der Waals surface area contributed by atoms with E-state index in [9.17, 15) is 4.79 Å². The molecule has 2 N–H and O–H groups in total. The first-order chi connectivity index (χ1) is 7.54. The van der Waals surface area contributed by atoms with Crippen LogP contribution in [-0.4, -0.2) is 23.7 Å². The molecule has 1 atom stereocenters. The van der Waals surface area contributed by atoms with Crippen LogP contribution in [0.15, 0.2) is 0 Å². The van der Waals surface area contributed by atoms with Crippen molar-refractivity contribution in [3.05, 3.63) is 0 Å². The number of nitrogens with one attached hydrogen (secondary N) is 1. The van der Waals surface area contributed by atoms with Gasteiger partial charge >= 0.3 is 0 Å². The third kappa shape index (κ3) is 2.73. The predicted molar refractivity (Wildman–Crippen MR) is 60.4 cm³/mol. The van der Waals surface area contributed by atoms with E-state index in [2.05, 4.69) is 18.3 Å². The van der Waals surface area contributed by atoms with Crippen LogP contribution in [0.5, 0.6) is 0 Å². The van der Waals surface area contributed by atoms with Gasteiger partial charge in [-0.1, -0.05) is 6.92 Å². The summed E-state index contributed by atoms with van der Waals surface area (Å²) in [6, 6.07) is 2.17. The van der Waals surface area contributed by atoms with Gasteiger partial charge in [0.25, 0.3) is 0 Å². The van der Waals surface area contributed by atoms with Gasteiger partial charge in [0.05, 0.1) is 6.07 Å². The summed E-state index contributed by atoms with van der Waals surface area (Å²) in [6.45, 7) is 4.10. The molecule has 0 bridgehead atoms. The van der Waals surface area contributed by atoms with E-state index >= 15 is 0 Å². The lowest BCUT2D eigenvalue weighted by Crippen LogP contribution is -2.50. The third-order valence-corrected chi connectivity index (χ3v) is 3.22. The molecule has 0 saturated heterocycles. The second-order valence-corrected chi connectivity index (χ2v) is 4.95. The summed E-state index contributed by atoms with van der Waals surface area (Å²) >= 11 is 0. The van der Waals surface area contributed by atoms with Gasteiger partial charge in [0.1, 0.15) is 5.41 Å². The van der Waals surface area contributed by atoms with Crippen LogP contribution < -0.4 is 5.32 Å². The van der Waals surface area contributed by atoms with Crippen LogP contribution >= 0.6 is 0 Å².